The van der Waals surface area contributed by atoms with E-state index in [9.17, 15) is 0 Å². The molecule has 1 heterocycles. The van der Waals surface area contributed by atoms with Gasteiger partial charge in [0, 0.05) is 12.8 Å². The number of nitrogens with zero attached hydrogens (tertiary/aromatic N) is 1. The van der Waals surface area contributed by atoms with Crippen molar-refractivity contribution in [2.24, 2.45) is 4.99 Å². The van der Waals surface area contributed by atoms with Crippen LogP contribution in [0.25, 0.3) is 0 Å². The van der Waals surface area contributed by atoms with Crippen molar-refractivity contribution in [3.63, 3.8) is 0 Å². The van der Waals surface area contributed by atoms with Gasteiger partial charge in [0.1, 0.15) is 13.2 Å². The molecule has 0 spiro atoms. The molecule has 0 atom stereocenters. The van der Waals surface area contributed by atoms with Crippen molar-refractivity contribution in [3.8, 4) is 11.5 Å². The summed E-state index contributed by atoms with van der Waals surface area (Å²) < 4.78 is 10.9. The minimum atomic E-state index is 0.626. The molecule has 1 aromatic rings. The topological polar surface area (TPSA) is 30.8 Å². The molecule has 74 valence electrons. The normalized spacial score (nSPS) is 14.6. The van der Waals surface area contributed by atoms with E-state index in [0.717, 1.165) is 23.6 Å². The van der Waals surface area contributed by atoms with Gasteiger partial charge in [0.2, 0.25) is 0 Å². The zero-order chi connectivity index (χ0) is 9.80. The smallest absolute Gasteiger partial charge is 0.162 e. The van der Waals surface area contributed by atoms with Crippen molar-refractivity contribution in [1.29, 1.82) is 0 Å². The van der Waals surface area contributed by atoms with Crippen LogP contribution in [0.4, 0.5) is 0 Å². The minimum Gasteiger partial charge on any atom is -0.486 e. The van der Waals surface area contributed by atoms with Gasteiger partial charge in [-0.3, -0.25) is 4.99 Å². The van der Waals surface area contributed by atoms with Gasteiger partial charge < -0.3 is 9.47 Å². The first-order chi connectivity index (χ1) is 6.90. The van der Waals surface area contributed by atoms with Gasteiger partial charge in [-0.2, -0.15) is 0 Å². The van der Waals surface area contributed by atoms with Crippen molar-refractivity contribution in [1.82, 2.24) is 0 Å². The van der Waals surface area contributed by atoms with Crippen molar-refractivity contribution in [3.05, 3.63) is 23.8 Å². The monoisotopic (exact) mass is 191 g/mol. The molecule has 1 aromatic carbocycles. The van der Waals surface area contributed by atoms with Crippen molar-refractivity contribution in [2.45, 2.75) is 6.92 Å². The standard InChI is InChI=1S/C11H13NO2/c1-2-12-8-9-3-4-10-11(7-9)14-6-5-13-10/h3-4,7-8H,2,5-6H2,1H3. The van der Waals surface area contributed by atoms with Gasteiger partial charge >= 0.3 is 0 Å². The summed E-state index contributed by atoms with van der Waals surface area (Å²) in [5.41, 5.74) is 1.05. The highest BCUT2D eigenvalue weighted by Crippen LogP contribution is 2.30. The number of rotatable bonds is 2. The predicted molar refractivity (Wildman–Crippen MR) is 55.6 cm³/mol. The molecule has 0 saturated carbocycles. The average molecular weight is 191 g/mol. The molecule has 0 saturated heterocycles. The summed E-state index contributed by atoms with van der Waals surface area (Å²) >= 11 is 0. The van der Waals surface area contributed by atoms with Gasteiger partial charge in [0.05, 0.1) is 0 Å². The molecule has 3 nitrogen and oxygen atoms in total. The number of ether oxygens (including phenoxy) is 2. The fourth-order valence-corrected chi connectivity index (χ4v) is 1.34. The van der Waals surface area contributed by atoms with E-state index in [1.165, 1.54) is 0 Å². The van der Waals surface area contributed by atoms with E-state index >= 15 is 0 Å². The fourth-order valence-electron chi connectivity index (χ4n) is 1.34. The van der Waals surface area contributed by atoms with Gasteiger partial charge in [-0.15, -0.1) is 0 Å². The van der Waals surface area contributed by atoms with E-state index in [2.05, 4.69) is 4.99 Å². The van der Waals surface area contributed by atoms with Crippen molar-refractivity contribution >= 4 is 6.21 Å². The van der Waals surface area contributed by atoms with Gasteiger partial charge in [0.15, 0.2) is 11.5 Å². The Morgan fingerprint density at radius 1 is 1.29 bits per heavy atom. The molecule has 2 rings (SSSR count). The second-order valence-corrected chi connectivity index (χ2v) is 3.03. The van der Waals surface area contributed by atoms with Crippen LogP contribution in [0, 0.1) is 0 Å². The van der Waals surface area contributed by atoms with Crippen LogP contribution in [0.15, 0.2) is 23.2 Å². The molecule has 0 bridgehead atoms. The number of aliphatic imine (C=N–C) groups is 1. The minimum absolute atomic E-state index is 0.626. The van der Waals surface area contributed by atoms with E-state index in [1.54, 1.807) is 0 Å². The Hall–Kier alpha value is -1.51. The second kappa shape index (κ2) is 4.13. The van der Waals surface area contributed by atoms with Crippen LogP contribution in [0.1, 0.15) is 12.5 Å². The summed E-state index contributed by atoms with van der Waals surface area (Å²) in [5.74, 6) is 1.64. The quantitative estimate of drug-likeness (QED) is 0.668. The molecular formula is C11H13NO2. The first kappa shape index (κ1) is 9.06. The highest BCUT2D eigenvalue weighted by molar-refractivity contribution is 5.80. The maximum Gasteiger partial charge on any atom is 0.162 e. The third-order valence-electron chi connectivity index (χ3n) is 1.99. The lowest BCUT2D eigenvalue weighted by molar-refractivity contribution is 0.171. The van der Waals surface area contributed by atoms with E-state index in [4.69, 9.17) is 9.47 Å². The van der Waals surface area contributed by atoms with Crippen molar-refractivity contribution < 1.29 is 9.47 Å². The lowest BCUT2D eigenvalue weighted by atomic mass is 10.2. The molecule has 0 radical (unpaired) electrons. The number of benzene rings is 1. The summed E-state index contributed by atoms with van der Waals surface area (Å²) in [7, 11) is 0. The average Bonchev–Trinajstić information content (AvgIpc) is 2.26. The number of fused-ring (bicyclic) bond motifs is 1. The lowest BCUT2D eigenvalue weighted by Crippen LogP contribution is -2.15. The van der Waals surface area contributed by atoms with Crippen LogP contribution in [-0.2, 0) is 0 Å². The molecule has 14 heavy (non-hydrogen) atoms. The highest BCUT2D eigenvalue weighted by Gasteiger charge is 2.10. The summed E-state index contributed by atoms with van der Waals surface area (Å²) in [6.45, 7) is 4.07. The van der Waals surface area contributed by atoms with Crippen LogP contribution in [-0.4, -0.2) is 26.0 Å². The molecule has 0 aliphatic carbocycles. The molecule has 0 unspecified atom stereocenters. The Kier molecular flexibility index (Phi) is 2.68. The van der Waals surface area contributed by atoms with E-state index in [1.807, 2.05) is 31.3 Å². The maximum atomic E-state index is 5.46. The highest BCUT2D eigenvalue weighted by atomic mass is 16.6. The first-order valence-electron chi connectivity index (χ1n) is 4.79. The van der Waals surface area contributed by atoms with Crippen LogP contribution in [0.5, 0.6) is 11.5 Å². The van der Waals surface area contributed by atoms with Crippen LogP contribution < -0.4 is 9.47 Å². The fraction of sp³-hybridized carbons (Fsp3) is 0.364. The molecule has 3 heteroatoms. The summed E-state index contributed by atoms with van der Waals surface area (Å²) in [5, 5.41) is 0. The third kappa shape index (κ3) is 1.87. The zero-order valence-corrected chi connectivity index (χ0v) is 8.19. The van der Waals surface area contributed by atoms with E-state index in [-0.39, 0.29) is 0 Å². The summed E-state index contributed by atoms with van der Waals surface area (Å²) in [6.07, 6.45) is 1.85. The molecule has 0 aromatic heterocycles. The van der Waals surface area contributed by atoms with Crippen LogP contribution in [0.2, 0.25) is 0 Å². The molecule has 0 N–H and O–H groups in total. The van der Waals surface area contributed by atoms with Gasteiger partial charge in [0.25, 0.3) is 0 Å². The van der Waals surface area contributed by atoms with Gasteiger partial charge in [-0.25, -0.2) is 0 Å². The van der Waals surface area contributed by atoms with Crippen LogP contribution >= 0.6 is 0 Å². The second-order valence-electron chi connectivity index (χ2n) is 3.03. The zero-order valence-electron chi connectivity index (χ0n) is 8.19. The van der Waals surface area contributed by atoms with Gasteiger partial charge in [-0.1, -0.05) is 0 Å². The summed E-state index contributed by atoms with van der Waals surface area (Å²) in [4.78, 5) is 4.17. The summed E-state index contributed by atoms with van der Waals surface area (Å²) in [6, 6.07) is 5.85. The van der Waals surface area contributed by atoms with Crippen LogP contribution in [0.3, 0.4) is 0 Å². The Bertz CT molecular complexity index is 347. The Balaban J connectivity index is 2.24. The van der Waals surface area contributed by atoms with Gasteiger partial charge in [-0.05, 0) is 30.7 Å². The third-order valence-corrected chi connectivity index (χ3v) is 1.99. The Labute approximate surface area is 83.4 Å². The lowest BCUT2D eigenvalue weighted by Gasteiger charge is -2.18. The molecule has 1 aliphatic rings. The Morgan fingerprint density at radius 3 is 2.86 bits per heavy atom. The van der Waals surface area contributed by atoms with E-state index < -0.39 is 0 Å². The van der Waals surface area contributed by atoms with E-state index in [0.29, 0.717) is 13.2 Å². The predicted octanol–water partition coefficient (Wildman–Crippen LogP) is 1.90. The maximum absolute atomic E-state index is 5.46. The molecule has 0 fully saturated rings. The number of hydrogen-bond donors (Lipinski definition) is 0. The molecular weight excluding hydrogens is 178 g/mol. The Morgan fingerprint density at radius 2 is 2.07 bits per heavy atom. The van der Waals surface area contributed by atoms with Crippen molar-refractivity contribution in [2.75, 3.05) is 19.8 Å². The largest absolute Gasteiger partial charge is 0.486 e. The SMILES string of the molecule is CCN=Cc1ccc2c(c1)OCCO2. The molecule has 1 aliphatic heterocycles. The first-order valence-corrected chi connectivity index (χ1v) is 4.79. The molecule has 0 amide bonds. The number of hydrogen-bond acceptors (Lipinski definition) is 3.